The average Bonchev–Trinajstić information content (AvgIpc) is 3.36. The van der Waals surface area contributed by atoms with Gasteiger partial charge in [-0.1, -0.05) is 0 Å². The summed E-state index contributed by atoms with van der Waals surface area (Å²) in [6.45, 7) is 2.35. The fraction of sp³-hybridized carbons (Fsp3) is 0.419. The Labute approximate surface area is 246 Å². The van der Waals surface area contributed by atoms with E-state index in [9.17, 15) is 13.6 Å². The quantitative estimate of drug-likeness (QED) is 0.243. The van der Waals surface area contributed by atoms with Gasteiger partial charge in [-0.05, 0) is 50.3 Å². The van der Waals surface area contributed by atoms with Crippen molar-refractivity contribution in [3.05, 3.63) is 59.7 Å². The lowest BCUT2D eigenvalue weighted by atomic mass is 9.90. The number of alkyl halides is 1. The molecule has 224 valence electrons. The van der Waals surface area contributed by atoms with Gasteiger partial charge in [-0.25, -0.2) is 23.7 Å². The van der Waals surface area contributed by atoms with Crippen LogP contribution in [0.15, 0.2) is 41.3 Å². The first-order valence-corrected chi connectivity index (χ1v) is 14.6. The van der Waals surface area contributed by atoms with Crippen LogP contribution in [0.2, 0.25) is 0 Å². The lowest BCUT2D eigenvalue weighted by Crippen LogP contribution is -2.38. The molecule has 3 N–H and O–H groups in total. The highest BCUT2D eigenvalue weighted by Gasteiger charge is 2.31. The summed E-state index contributed by atoms with van der Waals surface area (Å²) in [6.07, 6.45) is 5.82. The normalized spacial score (nSPS) is 18.2. The molecule has 3 atom stereocenters. The lowest BCUT2D eigenvalue weighted by Gasteiger charge is -2.26. The molecule has 0 saturated heterocycles. The summed E-state index contributed by atoms with van der Waals surface area (Å²) in [5.41, 5.74) is 9.72. The number of hydrogen-bond donors (Lipinski definition) is 2. The minimum atomic E-state index is -0.644. The predicted molar refractivity (Wildman–Crippen MR) is 156 cm³/mol. The summed E-state index contributed by atoms with van der Waals surface area (Å²) in [4.78, 5) is 26.6. The van der Waals surface area contributed by atoms with Gasteiger partial charge in [-0.15, -0.1) is 0 Å². The van der Waals surface area contributed by atoms with Gasteiger partial charge < -0.3 is 29.3 Å². The Morgan fingerprint density at radius 2 is 2.07 bits per heavy atom. The number of aryl methyl sites for hydroxylation is 1. The molecule has 1 aromatic carbocycles. The number of nitrogens with two attached hydrogens (primary N) is 1. The fourth-order valence-corrected chi connectivity index (χ4v) is 6.13. The summed E-state index contributed by atoms with van der Waals surface area (Å²) in [5.74, 6) is 1.44. The number of imidazole rings is 1. The van der Waals surface area contributed by atoms with Crippen LogP contribution in [0.3, 0.4) is 0 Å². The van der Waals surface area contributed by atoms with E-state index in [0.29, 0.717) is 70.4 Å². The number of carbonyl (C=O) groups is 1. The largest absolute Gasteiger partial charge is 0.488 e. The zero-order chi connectivity index (χ0) is 29.8. The Morgan fingerprint density at radius 3 is 2.81 bits per heavy atom. The van der Waals surface area contributed by atoms with Crippen LogP contribution in [0.25, 0.3) is 33.6 Å². The number of hydrogen-bond acceptors (Lipinski definition) is 7. The minimum absolute atomic E-state index is 0.204. The van der Waals surface area contributed by atoms with Crippen LogP contribution in [0.1, 0.15) is 53.9 Å². The molecule has 0 bridgehead atoms. The molecule has 1 saturated carbocycles. The Hall–Kier alpha value is -4.32. The molecule has 2 unspecified atom stereocenters. The molecule has 12 heteroatoms. The zero-order valence-electron chi connectivity index (χ0n) is 24.0. The van der Waals surface area contributed by atoms with Crippen LogP contribution >= 0.6 is 0 Å². The SMILES string of the molecule is CC(Cc1cnco1)Oc1cc(F)cc2cc(-c3nc4cc5c(nc4n3C)C(C[C@H](N)CF)CNC5=O)n(CC3CC3)c12. The molecule has 10 nitrogen and oxygen atoms in total. The van der Waals surface area contributed by atoms with E-state index < -0.39 is 18.5 Å². The number of nitrogens with zero attached hydrogens (tertiary/aromatic N) is 5. The number of pyridine rings is 1. The summed E-state index contributed by atoms with van der Waals surface area (Å²) < 4.78 is 43.9. The van der Waals surface area contributed by atoms with E-state index in [1.54, 1.807) is 12.3 Å². The molecule has 1 aliphatic carbocycles. The third kappa shape index (κ3) is 5.13. The second kappa shape index (κ2) is 10.7. The molecular weight excluding hydrogens is 556 g/mol. The molecule has 2 aliphatic rings. The van der Waals surface area contributed by atoms with Crippen molar-refractivity contribution < 1.29 is 22.7 Å². The van der Waals surface area contributed by atoms with E-state index in [1.165, 1.54) is 18.5 Å². The van der Waals surface area contributed by atoms with Crippen molar-refractivity contribution in [1.82, 2.24) is 29.4 Å². The molecule has 43 heavy (non-hydrogen) atoms. The molecule has 1 amide bonds. The van der Waals surface area contributed by atoms with Gasteiger partial charge in [-0.3, -0.25) is 4.79 Å². The van der Waals surface area contributed by atoms with Gasteiger partial charge in [0.05, 0.1) is 28.7 Å². The highest BCUT2D eigenvalue weighted by atomic mass is 19.1. The average molecular weight is 590 g/mol. The number of oxazole rings is 1. The van der Waals surface area contributed by atoms with E-state index in [-0.39, 0.29) is 17.9 Å². The number of benzene rings is 1. The summed E-state index contributed by atoms with van der Waals surface area (Å²) >= 11 is 0. The first kappa shape index (κ1) is 27.5. The van der Waals surface area contributed by atoms with Gasteiger partial charge in [-0.2, -0.15) is 0 Å². The Morgan fingerprint density at radius 1 is 1.23 bits per heavy atom. The molecule has 0 spiro atoms. The number of halogens is 2. The Bertz CT molecular complexity index is 1830. The number of aromatic nitrogens is 5. The maximum Gasteiger partial charge on any atom is 0.253 e. The van der Waals surface area contributed by atoms with E-state index in [0.717, 1.165) is 30.6 Å². The van der Waals surface area contributed by atoms with Crippen molar-refractivity contribution in [2.24, 2.45) is 18.7 Å². The number of ether oxygens (including phenoxy) is 1. The number of fused-ring (bicyclic) bond motifs is 3. The number of nitrogens with one attached hydrogen (secondary N) is 1. The van der Waals surface area contributed by atoms with Gasteiger partial charge in [0.15, 0.2) is 17.9 Å². The van der Waals surface area contributed by atoms with Gasteiger partial charge in [0, 0.05) is 50.0 Å². The van der Waals surface area contributed by atoms with Crippen LogP contribution in [0.4, 0.5) is 8.78 Å². The first-order chi connectivity index (χ1) is 20.8. The predicted octanol–water partition coefficient (Wildman–Crippen LogP) is 4.65. The molecule has 7 rings (SSSR count). The second-order valence-corrected chi connectivity index (χ2v) is 11.8. The molecular formula is C31H33F2N7O3. The summed E-state index contributed by atoms with van der Waals surface area (Å²) in [5, 5.41) is 3.58. The summed E-state index contributed by atoms with van der Waals surface area (Å²) in [7, 11) is 1.88. The van der Waals surface area contributed by atoms with Gasteiger partial charge in [0.2, 0.25) is 0 Å². The topological polar surface area (TPSA) is 126 Å². The van der Waals surface area contributed by atoms with Gasteiger partial charge >= 0.3 is 0 Å². The number of carbonyl (C=O) groups excluding carboxylic acids is 1. The van der Waals surface area contributed by atoms with Crippen LogP contribution in [0, 0.1) is 11.7 Å². The van der Waals surface area contributed by atoms with Crippen LogP contribution in [-0.2, 0) is 20.0 Å². The third-order valence-electron chi connectivity index (χ3n) is 8.39. The molecule has 1 fully saturated rings. The van der Waals surface area contributed by atoms with Crippen LogP contribution in [0.5, 0.6) is 5.75 Å². The van der Waals surface area contributed by atoms with Crippen LogP contribution < -0.4 is 15.8 Å². The molecule has 0 radical (unpaired) electrons. The maximum absolute atomic E-state index is 14.9. The first-order valence-electron chi connectivity index (χ1n) is 14.6. The lowest BCUT2D eigenvalue weighted by molar-refractivity contribution is 0.0937. The fourth-order valence-electron chi connectivity index (χ4n) is 6.13. The van der Waals surface area contributed by atoms with E-state index >= 15 is 0 Å². The number of rotatable bonds is 10. The Balaban J connectivity index is 1.34. The van der Waals surface area contributed by atoms with E-state index in [1.807, 2.05) is 24.6 Å². The van der Waals surface area contributed by atoms with Crippen molar-refractivity contribution in [1.29, 1.82) is 0 Å². The van der Waals surface area contributed by atoms with Crippen molar-refractivity contribution in [3.8, 4) is 17.3 Å². The van der Waals surface area contributed by atoms with Gasteiger partial charge in [0.1, 0.15) is 35.6 Å². The van der Waals surface area contributed by atoms with Crippen molar-refractivity contribution in [3.63, 3.8) is 0 Å². The highest BCUT2D eigenvalue weighted by molar-refractivity contribution is 5.99. The van der Waals surface area contributed by atoms with E-state index in [2.05, 4.69) is 14.9 Å². The summed E-state index contributed by atoms with van der Waals surface area (Å²) in [6, 6.07) is 5.99. The van der Waals surface area contributed by atoms with E-state index in [4.69, 9.17) is 24.9 Å². The second-order valence-electron chi connectivity index (χ2n) is 11.8. The molecule has 5 aromatic rings. The van der Waals surface area contributed by atoms with Crippen LogP contribution in [-0.4, -0.2) is 55.4 Å². The third-order valence-corrected chi connectivity index (χ3v) is 8.39. The standard InChI is InChI=1S/C31H33F2N7O3/c1-16(5-22-13-35-15-42-22)43-26-9-20(33)6-18-8-25(40(28(18)26)14-17-3-4-17)30-37-24-10-23-27(38-29(24)39(30)2)19(7-21(34)11-32)12-36-31(23)41/h6,8-10,13,15-17,19,21H,3-5,7,11-12,14,34H2,1-2H3,(H,36,41)/t16?,19?,21-/m0/s1. The molecule has 1 aliphatic heterocycles. The smallest absolute Gasteiger partial charge is 0.253 e. The molecule has 5 heterocycles. The van der Waals surface area contributed by atoms with Crippen molar-refractivity contribution >= 4 is 28.0 Å². The van der Waals surface area contributed by atoms with Crippen molar-refractivity contribution in [2.45, 2.75) is 57.2 Å². The Kier molecular flexibility index (Phi) is 6.88. The zero-order valence-corrected chi connectivity index (χ0v) is 24.0. The maximum atomic E-state index is 14.9. The number of amides is 1. The monoisotopic (exact) mass is 589 g/mol. The highest BCUT2D eigenvalue weighted by Crippen LogP contribution is 2.40. The minimum Gasteiger partial charge on any atom is -0.488 e. The van der Waals surface area contributed by atoms with Gasteiger partial charge in [0.25, 0.3) is 5.91 Å². The van der Waals surface area contributed by atoms with Crippen molar-refractivity contribution in [2.75, 3.05) is 13.2 Å². The molecule has 4 aromatic heterocycles.